The summed E-state index contributed by atoms with van der Waals surface area (Å²) >= 11 is 0. The average molecular weight is 290 g/mol. The maximum Gasteiger partial charge on any atom is 0.411 e. The number of carbonyl (C=O) groups excluding carboxylic acids is 2. The molecule has 21 heavy (non-hydrogen) atoms. The van der Waals surface area contributed by atoms with Crippen LogP contribution in [-0.2, 0) is 14.3 Å². The maximum atomic E-state index is 11.3. The first-order valence-electron chi connectivity index (χ1n) is 5.98. The van der Waals surface area contributed by atoms with E-state index in [1.54, 1.807) is 25.1 Å². The van der Waals surface area contributed by atoms with Crippen molar-refractivity contribution in [3.05, 3.63) is 36.4 Å². The van der Waals surface area contributed by atoms with Crippen molar-refractivity contribution in [3.63, 3.8) is 0 Å². The van der Waals surface area contributed by atoms with Gasteiger partial charge in [0.05, 0.1) is 17.9 Å². The summed E-state index contributed by atoms with van der Waals surface area (Å²) < 4.78 is 4.76. The minimum atomic E-state index is -1.21. The zero-order valence-electron chi connectivity index (χ0n) is 11.4. The molecule has 0 aromatic heterocycles. The van der Waals surface area contributed by atoms with Gasteiger partial charge in [-0.25, -0.2) is 14.4 Å². The molecule has 7 heteroatoms. The standard InChI is InChI=1S/C14H14N2O5/c1-3-13(18)21-8-7-16(14(19)20)12-6-4-5-11(10(12)2)15-9-17/h3-6H,1,7-8H2,2H3,(H,19,20). The second kappa shape index (κ2) is 7.62. The lowest BCUT2D eigenvalue weighted by Crippen LogP contribution is -2.33. The Bertz CT molecular complexity index is 605. The van der Waals surface area contributed by atoms with Crippen molar-refractivity contribution in [3.8, 4) is 0 Å². The van der Waals surface area contributed by atoms with Gasteiger partial charge in [-0.2, -0.15) is 4.99 Å². The van der Waals surface area contributed by atoms with Crippen LogP contribution in [0.5, 0.6) is 0 Å². The van der Waals surface area contributed by atoms with Gasteiger partial charge in [-0.3, -0.25) is 4.90 Å². The molecule has 0 saturated carbocycles. The summed E-state index contributed by atoms with van der Waals surface area (Å²) in [4.78, 5) is 37.1. The zero-order valence-corrected chi connectivity index (χ0v) is 11.4. The Morgan fingerprint density at radius 3 is 2.81 bits per heavy atom. The van der Waals surface area contributed by atoms with Gasteiger partial charge in [-0.1, -0.05) is 12.6 Å². The highest BCUT2D eigenvalue weighted by molar-refractivity contribution is 5.88. The zero-order chi connectivity index (χ0) is 15.8. The topological polar surface area (TPSA) is 96.3 Å². The van der Waals surface area contributed by atoms with E-state index >= 15 is 0 Å². The molecule has 0 heterocycles. The highest BCUT2D eigenvalue weighted by Gasteiger charge is 2.18. The molecule has 0 aliphatic carbocycles. The van der Waals surface area contributed by atoms with Crippen LogP contribution in [0, 0.1) is 6.92 Å². The average Bonchev–Trinajstić information content (AvgIpc) is 2.46. The number of aliphatic imine (C=N–C) groups is 1. The molecular formula is C14H14N2O5. The first kappa shape index (κ1) is 16.1. The van der Waals surface area contributed by atoms with Gasteiger partial charge in [-0.15, -0.1) is 0 Å². The van der Waals surface area contributed by atoms with E-state index in [-0.39, 0.29) is 13.2 Å². The van der Waals surface area contributed by atoms with Crippen LogP contribution in [0.25, 0.3) is 0 Å². The Hall–Kier alpha value is -2.92. The molecule has 0 aliphatic rings. The lowest BCUT2D eigenvalue weighted by atomic mass is 10.1. The number of carboxylic acid groups (broad SMARTS) is 1. The van der Waals surface area contributed by atoms with E-state index < -0.39 is 12.1 Å². The number of rotatable bonds is 6. The van der Waals surface area contributed by atoms with Gasteiger partial charge in [0.25, 0.3) is 0 Å². The molecular weight excluding hydrogens is 276 g/mol. The predicted molar refractivity (Wildman–Crippen MR) is 75.5 cm³/mol. The Balaban J connectivity index is 2.98. The van der Waals surface area contributed by atoms with Gasteiger partial charge in [-0.05, 0) is 24.6 Å². The van der Waals surface area contributed by atoms with Gasteiger partial charge >= 0.3 is 12.1 Å². The molecule has 1 aromatic carbocycles. The van der Waals surface area contributed by atoms with Crippen molar-refractivity contribution in [2.45, 2.75) is 6.92 Å². The van der Waals surface area contributed by atoms with Crippen molar-refractivity contribution < 1.29 is 24.2 Å². The fraction of sp³-hybridized carbons (Fsp3) is 0.214. The second-order valence-electron chi connectivity index (χ2n) is 3.93. The van der Waals surface area contributed by atoms with Crippen molar-refractivity contribution in [1.82, 2.24) is 0 Å². The molecule has 0 radical (unpaired) electrons. The minimum absolute atomic E-state index is 0.0516. The van der Waals surface area contributed by atoms with Crippen LogP contribution < -0.4 is 4.90 Å². The van der Waals surface area contributed by atoms with Gasteiger partial charge in [0.1, 0.15) is 6.61 Å². The number of carbonyl (C=O) groups is 2. The lowest BCUT2D eigenvalue weighted by Gasteiger charge is -2.21. The third-order valence-corrected chi connectivity index (χ3v) is 2.69. The molecule has 7 nitrogen and oxygen atoms in total. The minimum Gasteiger partial charge on any atom is -0.465 e. The highest BCUT2D eigenvalue weighted by Crippen LogP contribution is 2.28. The van der Waals surface area contributed by atoms with Gasteiger partial charge in [0.15, 0.2) is 0 Å². The molecule has 0 fully saturated rings. The normalized spacial score (nSPS) is 9.38. The molecule has 0 atom stereocenters. The van der Waals surface area contributed by atoms with E-state index in [9.17, 15) is 19.5 Å². The van der Waals surface area contributed by atoms with Gasteiger partial charge < -0.3 is 9.84 Å². The van der Waals surface area contributed by atoms with Crippen LogP contribution in [0.2, 0.25) is 0 Å². The summed E-state index contributed by atoms with van der Waals surface area (Å²) in [7, 11) is 0. The van der Waals surface area contributed by atoms with Crippen molar-refractivity contribution in [2.75, 3.05) is 18.1 Å². The van der Waals surface area contributed by atoms with E-state index in [1.807, 2.05) is 0 Å². The number of hydrogen-bond donors (Lipinski definition) is 1. The highest BCUT2D eigenvalue weighted by atomic mass is 16.5. The monoisotopic (exact) mass is 290 g/mol. The van der Waals surface area contributed by atoms with Crippen LogP contribution >= 0.6 is 0 Å². The van der Waals surface area contributed by atoms with Crippen LogP contribution in [0.15, 0.2) is 35.8 Å². The fourth-order valence-corrected chi connectivity index (χ4v) is 1.69. The molecule has 0 bridgehead atoms. The Morgan fingerprint density at radius 1 is 1.52 bits per heavy atom. The molecule has 1 rings (SSSR count). The van der Waals surface area contributed by atoms with Crippen LogP contribution in [0.4, 0.5) is 16.2 Å². The molecule has 0 spiro atoms. The Morgan fingerprint density at radius 2 is 2.24 bits per heavy atom. The molecule has 110 valence electrons. The number of isocyanates is 1. The fourth-order valence-electron chi connectivity index (χ4n) is 1.69. The number of benzene rings is 1. The SMILES string of the molecule is C=CC(=O)OCCN(C(=O)O)c1cccc(N=C=O)c1C. The lowest BCUT2D eigenvalue weighted by molar-refractivity contribution is -0.137. The smallest absolute Gasteiger partial charge is 0.411 e. The van der Waals surface area contributed by atoms with Crippen molar-refractivity contribution in [1.29, 1.82) is 0 Å². The molecule has 0 saturated heterocycles. The number of amides is 1. The molecule has 0 unspecified atom stereocenters. The van der Waals surface area contributed by atoms with Crippen LogP contribution in [0.1, 0.15) is 5.56 Å². The second-order valence-corrected chi connectivity index (χ2v) is 3.93. The summed E-state index contributed by atoms with van der Waals surface area (Å²) in [5, 5.41) is 9.25. The van der Waals surface area contributed by atoms with E-state index in [0.717, 1.165) is 11.0 Å². The summed E-state index contributed by atoms with van der Waals surface area (Å²) in [6.45, 7) is 4.72. The van der Waals surface area contributed by atoms with Crippen molar-refractivity contribution >= 4 is 29.5 Å². The number of hydrogen-bond acceptors (Lipinski definition) is 5. The quantitative estimate of drug-likeness (QED) is 0.375. The Kier molecular flexibility index (Phi) is 5.85. The summed E-state index contributed by atoms with van der Waals surface area (Å²) in [6, 6.07) is 4.72. The molecule has 1 aromatic rings. The molecule has 1 N–H and O–H groups in total. The number of anilines is 1. The maximum absolute atomic E-state index is 11.3. The molecule has 0 aliphatic heterocycles. The van der Waals surface area contributed by atoms with E-state index in [1.165, 1.54) is 6.08 Å². The molecule has 1 amide bonds. The largest absolute Gasteiger partial charge is 0.465 e. The first-order chi connectivity index (χ1) is 10.0. The number of esters is 1. The van der Waals surface area contributed by atoms with E-state index in [4.69, 9.17) is 4.74 Å². The van der Waals surface area contributed by atoms with Gasteiger partial charge in [0.2, 0.25) is 6.08 Å². The summed E-state index contributed by atoms with van der Waals surface area (Å²) in [5.74, 6) is -0.628. The third kappa shape index (κ3) is 4.29. The first-order valence-corrected chi connectivity index (χ1v) is 5.98. The van der Waals surface area contributed by atoms with Crippen molar-refractivity contribution in [2.24, 2.45) is 4.99 Å². The van der Waals surface area contributed by atoms with Crippen LogP contribution in [-0.4, -0.2) is 36.4 Å². The number of nitrogens with zero attached hydrogens (tertiary/aromatic N) is 2. The summed E-state index contributed by atoms with van der Waals surface area (Å²) in [6.07, 6.45) is 1.20. The summed E-state index contributed by atoms with van der Waals surface area (Å²) in [5.41, 5.74) is 1.20. The predicted octanol–water partition coefficient (Wildman–Crippen LogP) is 2.18. The third-order valence-electron chi connectivity index (χ3n) is 2.69. The number of ether oxygens (including phenoxy) is 1. The Labute approximate surface area is 121 Å². The van der Waals surface area contributed by atoms with Crippen LogP contribution in [0.3, 0.4) is 0 Å². The van der Waals surface area contributed by atoms with E-state index in [0.29, 0.717) is 16.9 Å². The van der Waals surface area contributed by atoms with E-state index in [2.05, 4.69) is 11.6 Å². The van der Waals surface area contributed by atoms with Gasteiger partial charge in [0, 0.05) is 6.08 Å².